The van der Waals surface area contributed by atoms with Gasteiger partial charge in [-0.25, -0.2) is 4.79 Å². The molecule has 1 saturated carbocycles. The number of ether oxygens (including phenoxy) is 4. The van der Waals surface area contributed by atoms with Crippen LogP contribution in [0.25, 0.3) is 6.08 Å². The number of benzene rings is 2. The normalized spacial score (nSPS) is 13.0. The fourth-order valence-electron chi connectivity index (χ4n) is 3.44. The summed E-state index contributed by atoms with van der Waals surface area (Å²) in [7, 11) is 4.66. The summed E-state index contributed by atoms with van der Waals surface area (Å²) in [6.45, 7) is 2.01. The van der Waals surface area contributed by atoms with Crippen molar-refractivity contribution in [1.82, 2.24) is 4.90 Å². The molecule has 170 valence electrons. The van der Waals surface area contributed by atoms with Crippen LogP contribution in [0.3, 0.4) is 0 Å². The molecule has 3 rings (SSSR count). The van der Waals surface area contributed by atoms with Crippen LogP contribution in [-0.2, 0) is 16.1 Å². The van der Waals surface area contributed by atoms with Gasteiger partial charge in [0.25, 0.3) is 5.91 Å². The van der Waals surface area contributed by atoms with Crippen molar-refractivity contribution in [2.45, 2.75) is 32.4 Å². The van der Waals surface area contributed by atoms with Gasteiger partial charge in [-0.3, -0.25) is 4.79 Å². The molecule has 1 amide bonds. The van der Waals surface area contributed by atoms with E-state index >= 15 is 0 Å². The van der Waals surface area contributed by atoms with E-state index in [2.05, 4.69) is 0 Å². The highest BCUT2D eigenvalue weighted by Gasteiger charge is 2.33. The number of carbonyl (C=O) groups is 2. The number of carbonyl (C=O) groups excluding carboxylic acids is 2. The summed E-state index contributed by atoms with van der Waals surface area (Å²) in [4.78, 5) is 27.3. The molecular weight excluding hydrogens is 410 g/mol. The number of nitrogens with zero attached hydrogens (tertiary/aromatic N) is 1. The summed E-state index contributed by atoms with van der Waals surface area (Å²) in [6.07, 6.45) is 5.56. The number of hydrogen-bond acceptors (Lipinski definition) is 6. The largest absolute Gasteiger partial charge is 0.497 e. The maximum absolute atomic E-state index is 12.8. The van der Waals surface area contributed by atoms with Crippen LogP contribution in [0.2, 0.25) is 0 Å². The Morgan fingerprint density at radius 2 is 1.75 bits per heavy atom. The number of allylic oxidation sites excluding steroid dienone is 1. The fourth-order valence-corrected chi connectivity index (χ4v) is 3.44. The molecule has 1 aliphatic carbocycles. The molecule has 0 atom stereocenters. The second kappa shape index (κ2) is 10.7. The van der Waals surface area contributed by atoms with Crippen LogP contribution in [0.5, 0.6) is 17.2 Å². The van der Waals surface area contributed by atoms with Crippen molar-refractivity contribution >= 4 is 18.0 Å². The van der Waals surface area contributed by atoms with Crippen molar-refractivity contribution < 1.29 is 28.5 Å². The SMILES string of the molecule is C/C=C/c1cc(C(=O)OCC(=O)N(Cc2ccc(OC)cc2)C2CC2)cc(OC)c1OC. The van der Waals surface area contributed by atoms with Crippen LogP contribution < -0.4 is 14.2 Å². The van der Waals surface area contributed by atoms with Gasteiger partial charge in [-0.15, -0.1) is 0 Å². The molecule has 2 aromatic rings. The summed E-state index contributed by atoms with van der Waals surface area (Å²) in [5, 5.41) is 0. The molecule has 0 bridgehead atoms. The number of esters is 1. The fraction of sp³-hybridized carbons (Fsp3) is 0.360. The van der Waals surface area contributed by atoms with Crippen molar-refractivity contribution in [2.75, 3.05) is 27.9 Å². The van der Waals surface area contributed by atoms with E-state index in [-0.39, 0.29) is 24.1 Å². The Morgan fingerprint density at radius 3 is 2.31 bits per heavy atom. The van der Waals surface area contributed by atoms with E-state index in [1.807, 2.05) is 43.3 Å². The van der Waals surface area contributed by atoms with E-state index in [0.717, 1.165) is 24.2 Å². The van der Waals surface area contributed by atoms with Crippen LogP contribution in [-0.4, -0.2) is 50.8 Å². The lowest BCUT2D eigenvalue weighted by Gasteiger charge is -2.22. The standard InChI is InChI=1S/C25H29NO6/c1-5-6-18-13-19(14-22(30-3)24(18)31-4)25(28)32-16-23(27)26(20-9-10-20)15-17-7-11-21(29-2)12-8-17/h5-8,11-14,20H,9-10,15-16H2,1-4H3/b6-5+. The summed E-state index contributed by atoms with van der Waals surface area (Å²) in [6, 6.07) is 11.0. The first-order valence-electron chi connectivity index (χ1n) is 10.5. The molecule has 7 nitrogen and oxygen atoms in total. The minimum atomic E-state index is -0.592. The molecule has 7 heteroatoms. The maximum atomic E-state index is 12.8. The van der Waals surface area contributed by atoms with E-state index in [9.17, 15) is 9.59 Å². The molecule has 1 aliphatic rings. The van der Waals surface area contributed by atoms with Crippen molar-refractivity contribution in [1.29, 1.82) is 0 Å². The van der Waals surface area contributed by atoms with Gasteiger partial charge >= 0.3 is 5.97 Å². The average Bonchev–Trinajstić information content (AvgIpc) is 3.66. The summed E-state index contributed by atoms with van der Waals surface area (Å²) in [5.41, 5.74) is 1.97. The molecule has 2 aromatic carbocycles. The number of hydrogen-bond donors (Lipinski definition) is 0. The zero-order chi connectivity index (χ0) is 23.1. The average molecular weight is 440 g/mol. The van der Waals surface area contributed by atoms with E-state index in [1.165, 1.54) is 14.2 Å². The van der Waals surface area contributed by atoms with E-state index in [0.29, 0.717) is 23.6 Å². The molecule has 1 fully saturated rings. The summed E-state index contributed by atoms with van der Waals surface area (Å²) >= 11 is 0. The molecule has 0 aliphatic heterocycles. The minimum Gasteiger partial charge on any atom is -0.497 e. The van der Waals surface area contributed by atoms with Crippen molar-refractivity contribution in [3.63, 3.8) is 0 Å². The maximum Gasteiger partial charge on any atom is 0.338 e. The van der Waals surface area contributed by atoms with Crippen LogP contribution >= 0.6 is 0 Å². The lowest BCUT2D eigenvalue weighted by atomic mass is 10.1. The quantitative estimate of drug-likeness (QED) is 0.519. The summed E-state index contributed by atoms with van der Waals surface area (Å²) < 4.78 is 21.3. The Bertz CT molecular complexity index is 979. The predicted octanol–water partition coefficient (Wildman–Crippen LogP) is 4.09. The van der Waals surface area contributed by atoms with Crippen LogP contribution in [0.4, 0.5) is 0 Å². The van der Waals surface area contributed by atoms with Crippen LogP contribution in [0, 0.1) is 0 Å². The van der Waals surface area contributed by atoms with Gasteiger partial charge in [-0.05, 0) is 49.6 Å². The molecule has 0 unspecified atom stereocenters. The highest BCUT2D eigenvalue weighted by molar-refractivity contribution is 5.93. The zero-order valence-corrected chi connectivity index (χ0v) is 18.9. The lowest BCUT2D eigenvalue weighted by molar-refractivity contribution is -0.135. The van der Waals surface area contributed by atoms with Gasteiger partial charge in [-0.2, -0.15) is 0 Å². The number of rotatable bonds is 10. The minimum absolute atomic E-state index is 0.186. The summed E-state index contributed by atoms with van der Waals surface area (Å²) in [5.74, 6) is 0.897. The van der Waals surface area contributed by atoms with Gasteiger partial charge < -0.3 is 23.8 Å². The van der Waals surface area contributed by atoms with Crippen molar-refractivity contribution in [3.8, 4) is 17.2 Å². The Labute approximate surface area is 188 Å². The Kier molecular flexibility index (Phi) is 7.76. The van der Waals surface area contributed by atoms with E-state index in [1.54, 1.807) is 24.1 Å². The Hall–Kier alpha value is -3.48. The molecule has 0 heterocycles. The van der Waals surface area contributed by atoms with Crippen LogP contribution in [0.15, 0.2) is 42.5 Å². The Morgan fingerprint density at radius 1 is 1.03 bits per heavy atom. The first kappa shape index (κ1) is 23.2. The molecule has 0 saturated heterocycles. The van der Waals surface area contributed by atoms with Gasteiger partial charge in [0.05, 0.1) is 26.9 Å². The van der Waals surface area contributed by atoms with Gasteiger partial charge in [-0.1, -0.05) is 24.3 Å². The molecule has 32 heavy (non-hydrogen) atoms. The smallest absolute Gasteiger partial charge is 0.338 e. The van der Waals surface area contributed by atoms with Gasteiger partial charge in [0.15, 0.2) is 18.1 Å². The topological polar surface area (TPSA) is 74.3 Å². The predicted molar refractivity (Wildman–Crippen MR) is 121 cm³/mol. The third kappa shape index (κ3) is 5.60. The van der Waals surface area contributed by atoms with E-state index < -0.39 is 5.97 Å². The third-order valence-corrected chi connectivity index (χ3v) is 5.24. The van der Waals surface area contributed by atoms with Crippen molar-refractivity contribution in [2.24, 2.45) is 0 Å². The highest BCUT2D eigenvalue weighted by Crippen LogP contribution is 2.34. The molecule has 0 spiro atoms. The van der Waals surface area contributed by atoms with Gasteiger partial charge in [0.1, 0.15) is 5.75 Å². The van der Waals surface area contributed by atoms with Crippen LogP contribution in [0.1, 0.15) is 41.3 Å². The first-order valence-corrected chi connectivity index (χ1v) is 10.5. The monoisotopic (exact) mass is 439 g/mol. The molecule has 0 N–H and O–H groups in total. The van der Waals surface area contributed by atoms with E-state index in [4.69, 9.17) is 18.9 Å². The highest BCUT2D eigenvalue weighted by atomic mass is 16.5. The lowest BCUT2D eigenvalue weighted by Crippen LogP contribution is -2.36. The van der Waals surface area contributed by atoms with Gasteiger partial charge in [0, 0.05) is 18.2 Å². The number of methoxy groups -OCH3 is 3. The van der Waals surface area contributed by atoms with Gasteiger partial charge in [0.2, 0.25) is 0 Å². The molecule has 0 aromatic heterocycles. The second-order valence-corrected chi connectivity index (χ2v) is 7.48. The first-order chi connectivity index (χ1) is 15.5. The zero-order valence-electron chi connectivity index (χ0n) is 18.9. The van der Waals surface area contributed by atoms with Crippen molar-refractivity contribution in [3.05, 3.63) is 59.2 Å². The molecular formula is C25H29NO6. The number of amides is 1. The Balaban J connectivity index is 1.68. The second-order valence-electron chi connectivity index (χ2n) is 7.48. The molecule has 0 radical (unpaired) electrons. The third-order valence-electron chi connectivity index (χ3n) is 5.24.